The average Bonchev–Trinajstić information content (AvgIpc) is 0.713. The van der Waals surface area contributed by atoms with Crippen LogP contribution in [0, 0.1) is 111 Å². The molecule has 3 nitrogen and oxygen atoms in total. The lowest BCUT2D eigenvalue weighted by atomic mass is 9.72. The largest absolute Gasteiger partial charge is 0.411 e. The molecule has 0 bridgehead atoms. The number of alkyl halides is 6. The normalized spacial score (nSPS) is 9.56. The number of hydrogen-bond donors (Lipinski definition) is 0. The summed E-state index contributed by atoms with van der Waals surface area (Å²) in [7, 11) is -3.37. The number of aryl methyl sites for hydroxylation is 16. The zero-order valence-corrected chi connectivity index (χ0v) is 102. The first kappa shape index (κ1) is 150. The van der Waals surface area contributed by atoms with Crippen LogP contribution in [0.4, 0.5) is 26.3 Å². The van der Waals surface area contributed by atoms with Crippen LogP contribution >= 0.6 is 0 Å². The lowest BCUT2D eigenvalue weighted by Gasteiger charge is -2.38. The van der Waals surface area contributed by atoms with Crippen LogP contribution < -0.4 is 0 Å². The minimum Gasteiger partial charge on any atom is -0.289 e. The SMILES string of the molecule is CC.CC.CC.CC.CC.CC.CC.CC.CC.CC.CC.CC.CC.CC.Cc1ccc(-c2ccc(C)cc2)cc1.Cc1ccc(C(=O)c2ccc(C)cc2)cc1.Cc1ccc(C(C)(C)c2ccc(C)cc2)cc1.Cc1ccc(C)c2ccccc12.Cc1ccc(C)cc1.Cc1ccc(S(=O)(=O)c2ccc(C)cc2)cc1.Cc1cccc(-c2cccc(C)c2)c1.Cc1cccc(C(c2cccc(C)c2)(C(F)(F)F)C(F)(F)F)c1. The Balaban J connectivity index is -0.000000301. The molecule has 0 saturated carbocycles. The monoisotopic (exact) mass is 2060 g/mol. The first-order valence-electron chi connectivity index (χ1n) is 54.5. The van der Waals surface area contributed by atoms with Crippen LogP contribution in [0.1, 0.15) is 335 Å². The molecule has 0 aliphatic rings. The molecule has 818 valence electrons. The van der Waals surface area contributed by atoms with E-state index in [9.17, 15) is 39.6 Å². The summed E-state index contributed by atoms with van der Waals surface area (Å²) >= 11 is 0. The number of ketones is 1. The summed E-state index contributed by atoms with van der Waals surface area (Å²) in [6.07, 6.45) is -11.1. The van der Waals surface area contributed by atoms with Gasteiger partial charge in [0.05, 0.1) is 9.79 Å². The highest BCUT2D eigenvalue weighted by atomic mass is 32.2. The molecule has 0 heterocycles. The minimum absolute atomic E-state index is 0.0708. The molecule has 149 heavy (non-hydrogen) atoms. The average molecular weight is 2060 g/mol. The van der Waals surface area contributed by atoms with E-state index in [1.165, 1.54) is 149 Å². The maximum Gasteiger partial charge on any atom is 0.411 e. The Morgan fingerprint density at radius 3 is 0.604 bits per heavy atom. The molecule has 0 fully saturated rings. The van der Waals surface area contributed by atoms with Gasteiger partial charge < -0.3 is 0 Å². The van der Waals surface area contributed by atoms with Gasteiger partial charge in [0.2, 0.25) is 15.3 Å². The number of halogens is 6. The quantitative estimate of drug-likeness (QED) is 0.101. The number of benzene rings is 15. The van der Waals surface area contributed by atoms with Crippen molar-refractivity contribution in [1.82, 2.24) is 0 Å². The van der Waals surface area contributed by atoms with Gasteiger partial charge in [0.25, 0.3) is 0 Å². The number of fused-ring (bicyclic) bond motifs is 1. The molecule has 0 unspecified atom stereocenters. The maximum atomic E-state index is 13.8. The van der Waals surface area contributed by atoms with Gasteiger partial charge in [-0.05, 0) is 201 Å². The zero-order chi connectivity index (χ0) is 116. The summed E-state index contributed by atoms with van der Waals surface area (Å²) in [5.74, 6) is 0.0833. The predicted molar refractivity (Wildman–Crippen MR) is 654 cm³/mol. The second kappa shape index (κ2) is 86.6. The Labute approximate surface area is 907 Å². The molecular formula is C139H196F6O3S. The molecule has 0 N–H and O–H groups in total. The number of carbonyl (C=O) groups excluding carboxylic acids is 1. The summed E-state index contributed by atoms with van der Waals surface area (Å²) in [5.41, 5.74) is 22.1. The van der Waals surface area contributed by atoms with Crippen molar-refractivity contribution < 1.29 is 39.6 Å². The lowest BCUT2D eigenvalue weighted by Crippen LogP contribution is -2.54. The van der Waals surface area contributed by atoms with Gasteiger partial charge in [0.1, 0.15) is 0 Å². The zero-order valence-electron chi connectivity index (χ0n) is 101. The van der Waals surface area contributed by atoms with E-state index in [0.29, 0.717) is 20.9 Å². The second-order valence-corrected chi connectivity index (χ2v) is 33.9. The maximum absolute atomic E-state index is 13.8. The first-order chi connectivity index (χ1) is 71.2. The van der Waals surface area contributed by atoms with Gasteiger partial charge in [-0.25, -0.2) is 8.42 Å². The third kappa shape index (κ3) is 54.2. The van der Waals surface area contributed by atoms with Crippen LogP contribution in [0.3, 0.4) is 0 Å². The number of carbonyl (C=O) groups is 1. The van der Waals surface area contributed by atoms with Gasteiger partial charge >= 0.3 is 12.4 Å². The Kier molecular flexibility index (Phi) is 87.0. The van der Waals surface area contributed by atoms with Crippen molar-refractivity contribution in [3.8, 4) is 22.3 Å². The molecule has 0 radical (unpaired) electrons. The van der Waals surface area contributed by atoms with E-state index in [2.05, 4.69) is 289 Å². The van der Waals surface area contributed by atoms with Crippen LogP contribution in [0.5, 0.6) is 0 Å². The van der Waals surface area contributed by atoms with E-state index < -0.39 is 38.7 Å². The summed E-state index contributed by atoms with van der Waals surface area (Å²) < 4.78 is 107. The molecule has 0 aliphatic heterocycles. The molecule has 0 amide bonds. The van der Waals surface area contributed by atoms with E-state index >= 15 is 0 Å². The highest BCUT2D eigenvalue weighted by Gasteiger charge is 2.72. The second-order valence-electron chi connectivity index (χ2n) is 31.9. The van der Waals surface area contributed by atoms with Crippen LogP contribution in [-0.4, -0.2) is 26.6 Å². The molecule has 15 aromatic carbocycles. The standard InChI is InChI=1S/C17H14F6.C17H20.C15H14O.C14H14O2S.2C14H14.C12H12.C8H10.14C2H6/c1-11-5-3-7-13(9-11)15(16(18,19)20,17(21,22)23)14-8-4-6-12(2)10-14;1-13-5-9-15(10-6-13)17(3,4)16-11-7-14(2)8-12-16;1-11-3-7-13(8-4-11)15(16)14-9-5-12(2)6-10-14;1-11-3-7-13(8-4-11)17(15,16)14-9-5-12(2)6-10-14;1-11-3-7-13(8-4-11)14-9-5-12(2)6-10-14;1-11-5-3-7-13(9-11)14-8-4-6-12(2)10-14;1-9-7-8-10(2)12-6-4-3-5-11(9)12;1-7-3-5-8(2)6-4-7;14*1-2/h3-10H,1-2H3;5-12H,1-4H3;3-10H,1-2H3;3-10H,1-2H3;2*3-10H,1-2H3;3-8H,1-2H3;3-6H,1-2H3;14*1-2H3. The van der Waals surface area contributed by atoms with Crippen molar-refractivity contribution in [3.63, 3.8) is 0 Å². The topological polar surface area (TPSA) is 51.2 Å². The number of hydrogen-bond acceptors (Lipinski definition) is 3. The van der Waals surface area contributed by atoms with Gasteiger partial charge in [0.15, 0.2) is 5.78 Å². The molecule has 0 atom stereocenters. The fourth-order valence-electron chi connectivity index (χ4n) is 13.4. The summed E-state index contributed by atoms with van der Waals surface area (Å²) in [6.45, 7) is 92.6. The van der Waals surface area contributed by atoms with E-state index in [1.807, 2.05) is 270 Å². The molecule has 15 aromatic rings. The Hall–Kier alpha value is -12.2. The van der Waals surface area contributed by atoms with Crippen molar-refractivity contribution in [2.75, 3.05) is 0 Å². The summed E-state index contributed by atoms with van der Waals surface area (Å²) in [5, 5.41) is 2.75. The van der Waals surface area contributed by atoms with E-state index in [-0.39, 0.29) is 11.2 Å². The number of sulfone groups is 1. The molecule has 0 spiro atoms. The first-order valence-corrected chi connectivity index (χ1v) is 56.0. The summed E-state index contributed by atoms with van der Waals surface area (Å²) in [4.78, 5) is 12.7. The fraction of sp³-hybridized carbons (Fsp3) is 0.360. The van der Waals surface area contributed by atoms with Crippen LogP contribution in [0.2, 0.25) is 0 Å². The van der Waals surface area contributed by atoms with E-state index in [1.54, 1.807) is 48.5 Å². The Morgan fingerprint density at radius 1 is 0.195 bits per heavy atom. The Bertz CT molecular complexity index is 5560. The van der Waals surface area contributed by atoms with Crippen molar-refractivity contribution >= 4 is 26.4 Å². The fourth-order valence-corrected chi connectivity index (χ4v) is 14.6. The van der Waals surface area contributed by atoms with Gasteiger partial charge in [-0.2, -0.15) is 26.3 Å². The smallest absolute Gasteiger partial charge is 0.289 e. The lowest BCUT2D eigenvalue weighted by molar-refractivity contribution is -0.288. The molecule has 10 heteroatoms. The molecular weight excluding hydrogens is 1860 g/mol. The van der Waals surface area contributed by atoms with Crippen LogP contribution in [0.15, 0.2) is 362 Å². The van der Waals surface area contributed by atoms with Crippen molar-refractivity contribution in [2.24, 2.45) is 0 Å². The highest BCUT2D eigenvalue weighted by molar-refractivity contribution is 7.91. The third-order valence-electron chi connectivity index (χ3n) is 21.0. The number of rotatable bonds is 10. The Morgan fingerprint density at radius 2 is 0.389 bits per heavy atom. The molecule has 15 rings (SSSR count). The highest BCUT2D eigenvalue weighted by Crippen LogP contribution is 2.56. The van der Waals surface area contributed by atoms with Gasteiger partial charge in [0, 0.05) is 16.5 Å². The van der Waals surface area contributed by atoms with Crippen molar-refractivity contribution in [1.29, 1.82) is 0 Å². The van der Waals surface area contributed by atoms with Crippen molar-refractivity contribution in [3.05, 3.63) is 474 Å². The predicted octanol–water partition coefficient (Wildman–Crippen LogP) is 45.1. The van der Waals surface area contributed by atoms with Crippen LogP contribution in [0.25, 0.3) is 33.0 Å². The van der Waals surface area contributed by atoms with E-state index in [4.69, 9.17) is 0 Å². The van der Waals surface area contributed by atoms with Gasteiger partial charge in [-0.3, -0.25) is 4.79 Å². The van der Waals surface area contributed by atoms with E-state index in [0.717, 1.165) is 46.5 Å². The molecule has 0 aliphatic carbocycles. The third-order valence-corrected chi connectivity index (χ3v) is 22.8. The molecule has 0 aromatic heterocycles. The molecule has 0 saturated heterocycles. The van der Waals surface area contributed by atoms with Crippen LogP contribution in [-0.2, 0) is 20.7 Å². The van der Waals surface area contributed by atoms with Crippen molar-refractivity contribution in [2.45, 2.75) is 351 Å². The summed E-state index contributed by atoms with van der Waals surface area (Å²) in [6, 6.07) is 112. The minimum atomic E-state index is -5.53. The van der Waals surface area contributed by atoms with Gasteiger partial charge in [-0.1, -0.05) is 613 Å². The van der Waals surface area contributed by atoms with Gasteiger partial charge in [-0.15, -0.1) is 0 Å².